The number of fused-ring (bicyclic) bond motifs is 1. The second kappa shape index (κ2) is 8.80. The molecule has 5 heteroatoms. The van der Waals surface area contributed by atoms with Crippen LogP contribution in [0.3, 0.4) is 0 Å². The Morgan fingerprint density at radius 2 is 1.54 bits per heavy atom. The van der Waals surface area contributed by atoms with Crippen molar-refractivity contribution in [1.29, 1.82) is 5.41 Å². The van der Waals surface area contributed by atoms with Gasteiger partial charge in [0.15, 0.2) is 0 Å². The van der Waals surface area contributed by atoms with Crippen LogP contribution in [-0.4, -0.2) is 38.4 Å². The third kappa shape index (κ3) is 4.08. The van der Waals surface area contributed by atoms with E-state index in [0.29, 0.717) is 29.8 Å². The first-order valence-electron chi connectivity index (χ1n) is 11.0. The minimum absolute atomic E-state index is 0.273. The van der Waals surface area contributed by atoms with E-state index in [2.05, 4.69) is 14.9 Å². The monoisotopic (exact) mass is 380 g/mol. The number of aliphatic hydroxyl groups excluding tert-OH is 1. The maximum atomic E-state index is 10.7. The first kappa shape index (κ1) is 19.0. The summed E-state index contributed by atoms with van der Waals surface area (Å²) >= 11 is 0. The van der Waals surface area contributed by atoms with Crippen LogP contribution in [0.25, 0.3) is 16.6 Å². The lowest BCUT2D eigenvalue weighted by atomic mass is 9.97. The van der Waals surface area contributed by atoms with Gasteiger partial charge in [-0.3, -0.25) is 5.41 Å². The number of nitrogens with one attached hydrogen (secondary N) is 2. The molecule has 1 saturated carbocycles. The molecule has 4 rings (SSSR count). The van der Waals surface area contributed by atoms with Crippen molar-refractivity contribution in [3.63, 3.8) is 0 Å². The number of aromatic amines is 1. The van der Waals surface area contributed by atoms with Gasteiger partial charge >= 0.3 is 0 Å². The highest BCUT2D eigenvalue weighted by atomic mass is 16.3. The molecular weight excluding hydrogens is 348 g/mol. The third-order valence-corrected chi connectivity index (χ3v) is 6.27. The summed E-state index contributed by atoms with van der Waals surface area (Å²) in [6, 6.07) is 8.20. The van der Waals surface area contributed by atoms with E-state index in [9.17, 15) is 5.11 Å². The molecular formula is C23H32N4O. The van der Waals surface area contributed by atoms with Crippen molar-refractivity contribution in [2.45, 2.75) is 76.7 Å². The highest BCUT2D eigenvalue weighted by molar-refractivity contribution is 6.23. The van der Waals surface area contributed by atoms with Crippen LogP contribution in [-0.2, 0) is 0 Å². The smallest absolute Gasteiger partial charge is 0.145 e. The highest BCUT2D eigenvalue weighted by Crippen LogP contribution is 2.31. The molecule has 1 aromatic carbocycles. The molecule has 0 atom stereocenters. The molecule has 2 heterocycles. The minimum atomic E-state index is 0.273. The summed E-state index contributed by atoms with van der Waals surface area (Å²) in [7, 11) is 0. The van der Waals surface area contributed by atoms with Gasteiger partial charge in [-0.15, -0.1) is 0 Å². The number of aliphatic hydroxyl groups is 1. The molecule has 3 N–H and O–H groups in total. The van der Waals surface area contributed by atoms with Gasteiger partial charge in [0.1, 0.15) is 17.4 Å². The SMILES string of the molecule is N=C1C(c2nc3ccccc3[nH]2)=C(O)CN1C1CCCCCCCCCCC1. The van der Waals surface area contributed by atoms with Gasteiger partial charge in [0.25, 0.3) is 0 Å². The van der Waals surface area contributed by atoms with Crippen molar-refractivity contribution in [1.82, 2.24) is 14.9 Å². The molecule has 0 saturated heterocycles. The molecule has 0 amide bonds. The van der Waals surface area contributed by atoms with Gasteiger partial charge in [-0.2, -0.15) is 0 Å². The zero-order valence-corrected chi connectivity index (χ0v) is 16.7. The number of para-hydroxylation sites is 2. The Balaban J connectivity index is 1.50. The zero-order chi connectivity index (χ0) is 19.3. The number of nitrogens with zero attached hydrogens (tertiary/aromatic N) is 2. The molecule has 5 nitrogen and oxygen atoms in total. The summed E-state index contributed by atoms with van der Waals surface area (Å²) in [5, 5.41) is 19.5. The number of H-pyrrole nitrogens is 1. The Kier molecular flexibility index (Phi) is 5.98. The van der Waals surface area contributed by atoms with Crippen molar-refractivity contribution in [2.24, 2.45) is 0 Å². The molecule has 28 heavy (non-hydrogen) atoms. The number of aromatic nitrogens is 2. The van der Waals surface area contributed by atoms with Gasteiger partial charge in [0, 0.05) is 6.04 Å². The number of benzene rings is 1. The second-order valence-electron chi connectivity index (χ2n) is 8.31. The lowest BCUT2D eigenvalue weighted by molar-refractivity contribution is 0.259. The Morgan fingerprint density at radius 1 is 0.929 bits per heavy atom. The molecule has 0 unspecified atom stereocenters. The van der Waals surface area contributed by atoms with Crippen molar-refractivity contribution < 1.29 is 5.11 Å². The molecule has 1 aliphatic heterocycles. The number of hydrogen-bond donors (Lipinski definition) is 3. The van der Waals surface area contributed by atoms with E-state index in [4.69, 9.17) is 5.41 Å². The maximum absolute atomic E-state index is 10.7. The molecule has 1 fully saturated rings. The minimum Gasteiger partial charge on any atom is -0.510 e. The van der Waals surface area contributed by atoms with E-state index in [1.54, 1.807) is 0 Å². The second-order valence-corrected chi connectivity index (χ2v) is 8.31. The van der Waals surface area contributed by atoms with Crippen LogP contribution >= 0.6 is 0 Å². The number of amidine groups is 1. The third-order valence-electron chi connectivity index (χ3n) is 6.27. The standard InChI is InChI=1S/C23H32N4O/c24-22-21(23-25-18-14-10-11-15-19(18)26-23)20(28)16-27(22)17-12-8-6-4-2-1-3-5-7-9-13-17/h10-11,14-15,17,24,28H,1-9,12-13,16H2,(H,25,26). The first-order valence-corrected chi connectivity index (χ1v) is 11.0. The first-order chi connectivity index (χ1) is 13.7. The molecule has 0 radical (unpaired) electrons. The van der Waals surface area contributed by atoms with E-state index in [1.165, 1.54) is 57.8 Å². The molecule has 2 aliphatic rings. The summed E-state index contributed by atoms with van der Waals surface area (Å²) in [5.74, 6) is 1.31. The number of imidazole rings is 1. The summed E-state index contributed by atoms with van der Waals surface area (Å²) < 4.78 is 0. The van der Waals surface area contributed by atoms with Crippen LogP contribution in [0, 0.1) is 5.41 Å². The van der Waals surface area contributed by atoms with E-state index in [0.717, 1.165) is 23.9 Å². The van der Waals surface area contributed by atoms with Gasteiger partial charge in [0.2, 0.25) is 0 Å². The molecule has 2 aromatic rings. The van der Waals surface area contributed by atoms with Gasteiger partial charge in [0.05, 0.1) is 23.2 Å². The summed E-state index contributed by atoms with van der Waals surface area (Å²) in [6.07, 6.45) is 14.0. The molecule has 0 spiro atoms. The molecule has 1 aliphatic carbocycles. The fourth-order valence-corrected chi connectivity index (χ4v) is 4.68. The predicted molar refractivity (Wildman–Crippen MR) is 115 cm³/mol. The number of hydrogen-bond acceptors (Lipinski definition) is 3. The molecule has 1 aromatic heterocycles. The van der Waals surface area contributed by atoms with E-state index in [1.807, 2.05) is 24.3 Å². The van der Waals surface area contributed by atoms with E-state index < -0.39 is 0 Å². The normalized spacial score (nSPS) is 21.1. The number of rotatable bonds is 2. The van der Waals surface area contributed by atoms with Crippen molar-refractivity contribution in [3.05, 3.63) is 35.8 Å². The van der Waals surface area contributed by atoms with Crippen LogP contribution in [0.1, 0.15) is 76.5 Å². The Labute approximate surface area is 167 Å². The van der Waals surface area contributed by atoms with Gasteiger partial charge in [-0.05, 0) is 25.0 Å². The fraction of sp³-hybridized carbons (Fsp3) is 0.565. The van der Waals surface area contributed by atoms with E-state index in [-0.39, 0.29) is 5.76 Å². The summed E-state index contributed by atoms with van der Waals surface area (Å²) in [4.78, 5) is 10.0. The van der Waals surface area contributed by atoms with Crippen molar-refractivity contribution >= 4 is 22.4 Å². The van der Waals surface area contributed by atoms with Crippen LogP contribution in [0.2, 0.25) is 0 Å². The zero-order valence-electron chi connectivity index (χ0n) is 16.7. The van der Waals surface area contributed by atoms with Crippen molar-refractivity contribution in [3.8, 4) is 0 Å². The van der Waals surface area contributed by atoms with Gasteiger partial charge in [-0.25, -0.2) is 4.98 Å². The van der Waals surface area contributed by atoms with Crippen LogP contribution in [0.5, 0.6) is 0 Å². The average molecular weight is 381 g/mol. The summed E-state index contributed by atoms with van der Waals surface area (Å²) in [5.41, 5.74) is 2.38. The molecule has 150 valence electrons. The quantitative estimate of drug-likeness (QED) is 0.616. The molecule has 0 bridgehead atoms. The van der Waals surface area contributed by atoms with E-state index >= 15 is 0 Å². The maximum Gasteiger partial charge on any atom is 0.145 e. The topological polar surface area (TPSA) is 76.0 Å². The Morgan fingerprint density at radius 3 is 2.18 bits per heavy atom. The lowest BCUT2D eigenvalue weighted by Crippen LogP contribution is -2.37. The fourth-order valence-electron chi connectivity index (χ4n) is 4.68. The lowest BCUT2D eigenvalue weighted by Gasteiger charge is -2.30. The van der Waals surface area contributed by atoms with Gasteiger partial charge < -0.3 is 15.0 Å². The average Bonchev–Trinajstić information content (AvgIpc) is 3.22. The van der Waals surface area contributed by atoms with Crippen LogP contribution in [0.15, 0.2) is 30.0 Å². The highest BCUT2D eigenvalue weighted by Gasteiger charge is 2.34. The van der Waals surface area contributed by atoms with Crippen molar-refractivity contribution in [2.75, 3.05) is 6.54 Å². The van der Waals surface area contributed by atoms with Gasteiger partial charge in [-0.1, -0.05) is 69.9 Å². The Hall–Kier alpha value is -2.30. The van der Waals surface area contributed by atoms with Crippen LogP contribution < -0.4 is 0 Å². The summed E-state index contributed by atoms with van der Waals surface area (Å²) in [6.45, 7) is 0.440. The predicted octanol–water partition coefficient (Wildman–Crippen LogP) is 5.80. The van der Waals surface area contributed by atoms with Crippen LogP contribution in [0.4, 0.5) is 0 Å². The Bertz CT molecular complexity index is 808. The largest absolute Gasteiger partial charge is 0.510 e.